The third-order valence-corrected chi connectivity index (χ3v) is 3.95. The Kier molecular flexibility index (Phi) is 4.15. The summed E-state index contributed by atoms with van der Waals surface area (Å²) < 4.78 is 0. The molecule has 0 N–H and O–H groups in total. The highest BCUT2D eigenvalue weighted by Gasteiger charge is 2.21. The van der Waals surface area contributed by atoms with Gasteiger partial charge in [0.05, 0.1) is 22.9 Å². The number of hydrogen-bond acceptors (Lipinski definition) is 3. The molecule has 3 rings (SSSR count). The van der Waals surface area contributed by atoms with Gasteiger partial charge in [-0.3, -0.25) is 9.78 Å². The number of amides is 1. The smallest absolute Gasteiger partial charge is 0.256 e. The van der Waals surface area contributed by atoms with Gasteiger partial charge in [0.2, 0.25) is 0 Å². The lowest BCUT2D eigenvalue weighted by molar-refractivity contribution is 0.0725. The normalized spacial score (nSPS) is 14.4. The Balaban J connectivity index is 1.99. The van der Waals surface area contributed by atoms with Crippen LogP contribution in [0.5, 0.6) is 0 Å². The molecule has 2 heterocycles. The van der Waals surface area contributed by atoms with E-state index in [-0.39, 0.29) is 5.91 Å². The van der Waals surface area contributed by atoms with Crippen LogP contribution in [0.4, 0.5) is 0 Å². The number of benzene rings is 1. The molecule has 1 aromatic carbocycles. The molecule has 1 aromatic heterocycles. The maximum atomic E-state index is 12.8. The van der Waals surface area contributed by atoms with Crippen molar-refractivity contribution in [2.45, 2.75) is 19.3 Å². The van der Waals surface area contributed by atoms with E-state index in [0.717, 1.165) is 31.5 Å². The number of rotatable bonds is 2. The molecule has 1 fully saturated rings. The van der Waals surface area contributed by atoms with Crippen molar-refractivity contribution < 1.29 is 4.79 Å². The molecule has 0 spiro atoms. The number of hydrogen-bond donors (Lipinski definition) is 0. The van der Waals surface area contributed by atoms with Crippen LogP contribution in [0.2, 0.25) is 0 Å². The van der Waals surface area contributed by atoms with Crippen molar-refractivity contribution in [3.8, 4) is 17.3 Å². The Morgan fingerprint density at radius 1 is 1.14 bits per heavy atom. The van der Waals surface area contributed by atoms with Gasteiger partial charge in [0, 0.05) is 24.8 Å². The first-order valence-electron chi connectivity index (χ1n) is 7.54. The van der Waals surface area contributed by atoms with E-state index in [4.69, 9.17) is 5.26 Å². The number of nitrogens with zero attached hydrogens (tertiary/aromatic N) is 3. The zero-order chi connectivity index (χ0) is 15.4. The molecule has 2 aromatic rings. The number of pyridine rings is 1. The number of carbonyl (C=O) groups excluding carboxylic acids is 1. The Bertz CT molecular complexity index is 727. The lowest BCUT2D eigenvalue weighted by atomic mass is 10.0. The summed E-state index contributed by atoms with van der Waals surface area (Å²) in [6.07, 6.45) is 4.99. The van der Waals surface area contributed by atoms with Crippen LogP contribution in [0.25, 0.3) is 11.3 Å². The summed E-state index contributed by atoms with van der Waals surface area (Å²) in [6.45, 7) is 1.62. The number of carbonyl (C=O) groups is 1. The van der Waals surface area contributed by atoms with Gasteiger partial charge < -0.3 is 4.90 Å². The van der Waals surface area contributed by atoms with Crippen LogP contribution in [-0.4, -0.2) is 28.9 Å². The molecule has 0 saturated carbocycles. The van der Waals surface area contributed by atoms with Crippen LogP contribution in [-0.2, 0) is 0 Å². The van der Waals surface area contributed by atoms with E-state index in [1.165, 1.54) is 6.42 Å². The van der Waals surface area contributed by atoms with Crippen LogP contribution in [0.3, 0.4) is 0 Å². The summed E-state index contributed by atoms with van der Waals surface area (Å²) in [5.74, 6) is 0.0326. The summed E-state index contributed by atoms with van der Waals surface area (Å²) in [5, 5.41) is 9.05. The van der Waals surface area contributed by atoms with Crippen LogP contribution in [0.15, 0.2) is 42.6 Å². The summed E-state index contributed by atoms with van der Waals surface area (Å²) in [5.41, 5.74) is 2.63. The van der Waals surface area contributed by atoms with Gasteiger partial charge in [-0.25, -0.2) is 0 Å². The highest BCUT2D eigenvalue weighted by molar-refractivity contribution is 6.00. The van der Waals surface area contributed by atoms with E-state index in [1.807, 2.05) is 23.1 Å². The number of nitriles is 1. The fourth-order valence-corrected chi connectivity index (χ4v) is 2.81. The van der Waals surface area contributed by atoms with Crippen molar-refractivity contribution in [2.75, 3.05) is 13.1 Å². The molecule has 22 heavy (non-hydrogen) atoms. The van der Waals surface area contributed by atoms with E-state index < -0.39 is 0 Å². The maximum Gasteiger partial charge on any atom is 0.256 e. The lowest BCUT2D eigenvalue weighted by Crippen LogP contribution is -2.35. The fraction of sp³-hybridized carbons (Fsp3) is 0.278. The summed E-state index contributed by atoms with van der Waals surface area (Å²) in [6, 6.07) is 13.0. The molecule has 1 aliphatic rings. The first kappa shape index (κ1) is 14.3. The average molecular weight is 291 g/mol. The predicted molar refractivity (Wildman–Crippen MR) is 84.1 cm³/mol. The number of piperidine rings is 1. The van der Waals surface area contributed by atoms with E-state index >= 15 is 0 Å². The van der Waals surface area contributed by atoms with Gasteiger partial charge >= 0.3 is 0 Å². The third-order valence-electron chi connectivity index (χ3n) is 3.95. The lowest BCUT2D eigenvalue weighted by Gasteiger charge is -2.27. The Hall–Kier alpha value is -2.67. The zero-order valence-corrected chi connectivity index (χ0v) is 12.3. The molecular formula is C18H17N3O. The molecule has 4 nitrogen and oxygen atoms in total. The van der Waals surface area contributed by atoms with Gasteiger partial charge in [-0.1, -0.05) is 12.1 Å². The van der Waals surface area contributed by atoms with Crippen molar-refractivity contribution in [3.05, 3.63) is 53.7 Å². The highest BCUT2D eigenvalue weighted by Crippen LogP contribution is 2.24. The second-order valence-electron chi connectivity index (χ2n) is 5.45. The van der Waals surface area contributed by atoms with Crippen LogP contribution >= 0.6 is 0 Å². The fourth-order valence-electron chi connectivity index (χ4n) is 2.81. The third kappa shape index (κ3) is 2.84. The Morgan fingerprint density at radius 2 is 1.95 bits per heavy atom. The van der Waals surface area contributed by atoms with Gasteiger partial charge in [0.1, 0.15) is 0 Å². The quantitative estimate of drug-likeness (QED) is 0.853. The van der Waals surface area contributed by atoms with Crippen LogP contribution < -0.4 is 0 Å². The van der Waals surface area contributed by atoms with Gasteiger partial charge in [0.15, 0.2) is 0 Å². The van der Waals surface area contributed by atoms with E-state index in [9.17, 15) is 4.79 Å². The van der Waals surface area contributed by atoms with Crippen molar-refractivity contribution in [2.24, 2.45) is 0 Å². The minimum absolute atomic E-state index is 0.0326. The van der Waals surface area contributed by atoms with Crippen LogP contribution in [0, 0.1) is 11.3 Å². The van der Waals surface area contributed by atoms with Gasteiger partial charge in [-0.2, -0.15) is 5.26 Å². The number of likely N-dealkylation sites (tertiary alicyclic amines) is 1. The summed E-state index contributed by atoms with van der Waals surface area (Å²) in [7, 11) is 0. The molecule has 0 aliphatic carbocycles. The van der Waals surface area contributed by atoms with Crippen molar-refractivity contribution in [1.82, 2.24) is 9.88 Å². The second kappa shape index (κ2) is 6.40. The molecule has 1 aliphatic heterocycles. The topological polar surface area (TPSA) is 57.0 Å². The first-order valence-corrected chi connectivity index (χ1v) is 7.54. The molecule has 0 bridgehead atoms. The monoisotopic (exact) mass is 291 g/mol. The standard InChI is InChI=1S/C18H17N3O/c19-13-14-6-4-7-15(12-14)17-16(8-5-9-20-17)18(22)21-10-2-1-3-11-21/h4-9,12H,1-3,10-11H2. The largest absolute Gasteiger partial charge is 0.339 e. The highest BCUT2D eigenvalue weighted by atomic mass is 16.2. The summed E-state index contributed by atoms with van der Waals surface area (Å²) in [4.78, 5) is 19.1. The molecule has 0 radical (unpaired) electrons. The van der Waals surface area contributed by atoms with Crippen molar-refractivity contribution in [1.29, 1.82) is 5.26 Å². The minimum atomic E-state index is 0.0326. The second-order valence-corrected chi connectivity index (χ2v) is 5.45. The molecule has 0 atom stereocenters. The SMILES string of the molecule is N#Cc1cccc(-c2ncccc2C(=O)N2CCCCC2)c1. The molecule has 1 amide bonds. The molecule has 1 saturated heterocycles. The first-order chi connectivity index (χ1) is 10.8. The van der Waals surface area contributed by atoms with E-state index in [1.54, 1.807) is 24.4 Å². The molecular weight excluding hydrogens is 274 g/mol. The Morgan fingerprint density at radius 3 is 2.73 bits per heavy atom. The van der Waals surface area contributed by atoms with Crippen molar-refractivity contribution in [3.63, 3.8) is 0 Å². The number of aromatic nitrogens is 1. The van der Waals surface area contributed by atoms with E-state index in [2.05, 4.69) is 11.1 Å². The van der Waals surface area contributed by atoms with Crippen molar-refractivity contribution >= 4 is 5.91 Å². The van der Waals surface area contributed by atoms with Gasteiger partial charge in [-0.05, 0) is 43.5 Å². The molecule has 4 heteroatoms. The Labute approximate surface area is 130 Å². The maximum absolute atomic E-state index is 12.8. The van der Waals surface area contributed by atoms with Gasteiger partial charge in [0.25, 0.3) is 5.91 Å². The summed E-state index contributed by atoms with van der Waals surface area (Å²) >= 11 is 0. The average Bonchev–Trinajstić information content (AvgIpc) is 2.62. The molecule has 110 valence electrons. The minimum Gasteiger partial charge on any atom is -0.339 e. The van der Waals surface area contributed by atoms with Crippen LogP contribution in [0.1, 0.15) is 35.2 Å². The zero-order valence-electron chi connectivity index (χ0n) is 12.3. The van der Waals surface area contributed by atoms with E-state index in [0.29, 0.717) is 16.8 Å². The predicted octanol–water partition coefficient (Wildman–Crippen LogP) is 3.25. The van der Waals surface area contributed by atoms with Gasteiger partial charge in [-0.15, -0.1) is 0 Å². The molecule has 0 unspecified atom stereocenters.